The van der Waals surface area contributed by atoms with Crippen molar-refractivity contribution in [3.05, 3.63) is 0 Å². The van der Waals surface area contributed by atoms with Crippen molar-refractivity contribution in [1.29, 1.82) is 0 Å². The van der Waals surface area contributed by atoms with Crippen LogP contribution < -0.4 is 5.73 Å². The third-order valence-corrected chi connectivity index (χ3v) is 2.26. The molecule has 14 heavy (non-hydrogen) atoms. The van der Waals surface area contributed by atoms with E-state index in [4.69, 9.17) is 10.8 Å². The molecule has 2 atom stereocenters. The van der Waals surface area contributed by atoms with Crippen LogP contribution in [0.15, 0.2) is 0 Å². The zero-order valence-corrected chi connectivity index (χ0v) is 9.53. The smallest absolute Gasteiger partial charge is 0.239 e. The second kappa shape index (κ2) is 5.98. The SMILES string of the molecule is CC(O)CCN(C)C(=O)[C@H](N)C(C)C. The summed E-state index contributed by atoms with van der Waals surface area (Å²) >= 11 is 0. The Hall–Kier alpha value is -0.610. The zero-order valence-electron chi connectivity index (χ0n) is 9.53. The highest BCUT2D eigenvalue weighted by atomic mass is 16.3. The Bertz CT molecular complexity index is 181. The van der Waals surface area contributed by atoms with Crippen LogP contribution in [0.25, 0.3) is 0 Å². The van der Waals surface area contributed by atoms with Crippen LogP contribution in [0.4, 0.5) is 0 Å². The molecule has 4 heteroatoms. The molecular weight excluding hydrogens is 180 g/mol. The van der Waals surface area contributed by atoms with Gasteiger partial charge in [0.05, 0.1) is 12.1 Å². The second-order valence-electron chi connectivity index (χ2n) is 4.17. The van der Waals surface area contributed by atoms with E-state index in [2.05, 4.69) is 0 Å². The lowest BCUT2D eigenvalue weighted by Crippen LogP contribution is -2.45. The van der Waals surface area contributed by atoms with Crippen molar-refractivity contribution in [3.8, 4) is 0 Å². The Balaban J connectivity index is 3.99. The van der Waals surface area contributed by atoms with Gasteiger partial charge in [-0.1, -0.05) is 13.8 Å². The number of nitrogens with zero attached hydrogens (tertiary/aromatic N) is 1. The molecule has 84 valence electrons. The highest BCUT2D eigenvalue weighted by Gasteiger charge is 2.20. The average molecular weight is 202 g/mol. The first-order chi connectivity index (χ1) is 6.36. The van der Waals surface area contributed by atoms with E-state index in [0.29, 0.717) is 13.0 Å². The lowest BCUT2D eigenvalue weighted by molar-refractivity contribution is -0.132. The van der Waals surface area contributed by atoms with Crippen molar-refractivity contribution in [3.63, 3.8) is 0 Å². The molecule has 0 rings (SSSR count). The highest BCUT2D eigenvalue weighted by Crippen LogP contribution is 2.03. The van der Waals surface area contributed by atoms with E-state index in [9.17, 15) is 4.79 Å². The van der Waals surface area contributed by atoms with Gasteiger partial charge in [-0.05, 0) is 19.3 Å². The molecule has 1 unspecified atom stereocenters. The average Bonchev–Trinajstić information content (AvgIpc) is 2.11. The molecule has 0 fully saturated rings. The van der Waals surface area contributed by atoms with Gasteiger partial charge in [-0.2, -0.15) is 0 Å². The Labute approximate surface area is 86.1 Å². The van der Waals surface area contributed by atoms with E-state index in [-0.39, 0.29) is 17.9 Å². The lowest BCUT2D eigenvalue weighted by Gasteiger charge is -2.23. The molecule has 4 nitrogen and oxygen atoms in total. The molecule has 0 radical (unpaired) electrons. The van der Waals surface area contributed by atoms with Gasteiger partial charge in [0.2, 0.25) is 5.91 Å². The lowest BCUT2D eigenvalue weighted by atomic mass is 10.0. The minimum atomic E-state index is -0.436. The maximum Gasteiger partial charge on any atom is 0.239 e. The van der Waals surface area contributed by atoms with Crippen LogP contribution in [0.5, 0.6) is 0 Å². The monoisotopic (exact) mass is 202 g/mol. The number of hydrogen-bond acceptors (Lipinski definition) is 3. The molecule has 1 amide bonds. The maximum atomic E-state index is 11.6. The van der Waals surface area contributed by atoms with E-state index in [1.807, 2.05) is 13.8 Å². The highest BCUT2D eigenvalue weighted by molar-refractivity contribution is 5.81. The molecule has 0 aromatic carbocycles. The summed E-state index contributed by atoms with van der Waals surface area (Å²) in [6.45, 7) is 6.10. The first-order valence-electron chi connectivity index (χ1n) is 5.05. The van der Waals surface area contributed by atoms with Gasteiger partial charge >= 0.3 is 0 Å². The van der Waals surface area contributed by atoms with Crippen molar-refractivity contribution in [2.24, 2.45) is 11.7 Å². The van der Waals surface area contributed by atoms with Gasteiger partial charge in [0.25, 0.3) is 0 Å². The summed E-state index contributed by atoms with van der Waals surface area (Å²) in [7, 11) is 1.72. The van der Waals surface area contributed by atoms with Gasteiger partial charge < -0.3 is 15.7 Å². The van der Waals surface area contributed by atoms with Gasteiger partial charge in [0.15, 0.2) is 0 Å². The van der Waals surface area contributed by atoms with E-state index in [1.54, 1.807) is 18.9 Å². The van der Waals surface area contributed by atoms with Crippen molar-refractivity contribution in [2.45, 2.75) is 39.3 Å². The van der Waals surface area contributed by atoms with Crippen LogP contribution in [0.1, 0.15) is 27.2 Å². The number of likely N-dealkylation sites (N-methyl/N-ethyl adjacent to an activating group) is 1. The van der Waals surface area contributed by atoms with Crippen molar-refractivity contribution in [1.82, 2.24) is 4.90 Å². The Morgan fingerprint density at radius 3 is 2.29 bits per heavy atom. The molecule has 0 aliphatic heterocycles. The van der Waals surface area contributed by atoms with Crippen LogP contribution in [0.2, 0.25) is 0 Å². The molecule has 0 saturated carbocycles. The second-order valence-corrected chi connectivity index (χ2v) is 4.17. The fourth-order valence-electron chi connectivity index (χ4n) is 1.03. The van der Waals surface area contributed by atoms with Crippen LogP contribution in [-0.2, 0) is 4.79 Å². The first-order valence-corrected chi connectivity index (χ1v) is 5.05. The number of carbonyl (C=O) groups excluding carboxylic acids is 1. The minimum absolute atomic E-state index is 0.0550. The molecule has 0 heterocycles. The van der Waals surface area contributed by atoms with Gasteiger partial charge in [-0.3, -0.25) is 4.79 Å². The predicted octanol–water partition coefficient (Wildman–Crippen LogP) is 0.199. The molecule has 0 aromatic rings. The van der Waals surface area contributed by atoms with Crippen molar-refractivity contribution in [2.75, 3.05) is 13.6 Å². The number of nitrogens with two attached hydrogens (primary N) is 1. The number of aliphatic hydroxyl groups is 1. The summed E-state index contributed by atoms with van der Waals surface area (Å²) in [5.74, 6) is 0.0946. The molecule has 0 spiro atoms. The van der Waals surface area contributed by atoms with Gasteiger partial charge in [-0.15, -0.1) is 0 Å². The van der Waals surface area contributed by atoms with Gasteiger partial charge in [-0.25, -0.2) is 0 Å². The summed E-state index contributed by atoms with van der Waals surface area (Å²) < 4.78 is 0. The predicted molar refractivity (Wildman–Crippen MR) is 56.7 cm³/mol. The van der Waals surface area contributed by atoms with Gasteiger partial charge in [0.1, 0.15) is 0 Å². The molecule has 0 bridgehead atoms. The van der Waals surface area contributed by atoms with E-state index in [1.165, 1.54) is 0 Å². The number of carbonyl (C=O) groups is 1. The van der Waals surface area contributed by atoms with E-state index < -0.39 is 6.04 Å². The zero-order chi connectivity index (χ0) is 11.3. The number of aliphatic hydroxyl groups excluding tert-OH is 1. The van der Waals surface area contributed by atoms with Crippen LogP contribution in [0, 0.1) is 5.92 Å². The topological polar surface area (TPSA) is 66.6 Å². The fourth-order valence-corrected chi connectivity index (χ4v) is 1.03. The summed E-state index contributed by atoms with van der Waals surface area (Å²) in [5, 5.41) is 9.06. The third-order valence-electron chi connectivity index (χ3n) is 2.26. The molecule has 0 aromatic heterocycles. The molecule has 0 saturated heterocycles. The van der Waals surface area contributed by atoms with Gasteiger partial charge in [0, 0.05) is 13.6 Å². The third kappa shape index (κ3) is 4.58. The maximum absolute atomic E-state index is 11.6. The number of hydrogen-bond donors (Lipinski definition) is 2. The van der Waals surface area contributed by atoms with Crippen LogP contribution in [-0.4, -0.2) is 41.7 Å². The summed E-state index contributed by atoms with van der Waals surface area (Å²) in [6.07, 6.45) is 0.216. The Morgan fingerprint density at radius 2 is 1.93 bits per heavy atom. The standard InChI is InChI=1S/C10H22N2O2/c1-7(2)9(11)10(14)12(4)6-5-8(3)13/h7-9,13H,5-6,11H2,1-4H3/t8?,9-/m1/s1. The normalized spacial score (nSPS) is 15.4. The summed E-state index contributed by atoms with van der Waals surface area (Å²) in [5.41, 5.74) is 5.71. The number of rotatable bonds is 5. The Morgan fingerprint density at radius 1 is 1.43 bits per heavy atom. The number of amides is 1. The molecular formula is C10H22N2O2. The first kappa shape index (κ1) is 13.4. The molecule has 3 N–H and O–H groups in total. The van der Waals surface area contributed by atoms with Crippen molar-refractivity contribution >= 4 is 5.91 Å². The Kier molecular flexibility index (Phi) is 5.72. The molecule has 0 aliphatic rings. The van der Waals surface area contributed by atoms with Crippen LogP contribution >= 0.6 is 0 Å². The fraction of sp³-hybridized carbons (Fsp3) is 0.900. The largest absolute Gasteiger partial charge is 0.393 e. The van der Waals surface area contributed by atoms with E-state index in [0.717, 1.165) is 0 Å². The van der Waals surface area contributed by atoms with Crippen LogP contribution in [0.3, 0.4) is 0 Å². The summed E-state index contributed by atoms with van der Waals surface area (Å²) in [4.78, 5) is 13.2. The van der Waals surface area contributed by atoms with Crippen molar-refractivity contribution < 1.29 is 9.90 Å². The van der Waals surface area contributed by atoms with E-state index >= 15 is 0 Å². The quantitative estimate of drug-likeness (QED) is 0.669. The minimum Gasteiger partial charge on any atom is -0.393 e. The molecule has 0 aliphatic carbocycles. The summed E-state index contributed by atoms with van der Waals surface area (Å²) in [6, 6.07) is -0.436.